The second kappa shape index (κ2) is 5.04. The van der Waals surface area contributed by atoms with Crippen LogP contribution in [0.1, 0.15) is 32.6 Å². The lowest BCUT2D eigenvalue weighted by Crippen LogP contribution is -2.48. The maximum Gasteiger partial charge on any atom is 0.226 e. The molecule has 2 aliphatic heterocycles. The van der Waals surface area contributed by atoms with E-state index in [2.05, 4.69) is 16.0 Å². The molecule has 2 aliphatic rings. The zero-order chi connectivity index (χ0) is 12.3. The van der Waals surface area contributed by atoms with Gasteiger partial charge in [0, 0.05) is 24.4 Å². The third-order valence-corrected chi connectivity index (χ3v) is 3.85. The molecule has 96 valence electrons. The van der Waals surface area contributed by atoms with E-state index in [-0.39, 0.29) is 23.3 Å². The Bertz CT molecular complexity index is 311. The Kier molecular flexibility index (Phi) is 3.66. The molecule has 3 N–H and O–H groups in total. The summed E-state index contributed by atoms with van der Waals surface area (Å²) in [5.74, 6) is 0.220. The van der Waals surface area contributed by atoms with Crippen molar-refractivity contribution in [2.75, 3.05) is 19.6 Å². The summed E-state index contributed by atoms with van der Waals surface area (Å²) in [5, 5.41) is 9.09. The van der Waals surface area contributed by atoms with Crippen molar-refractivity contribution < 1.29 is 9.59 Å². The molecule has 1 unspecified atom stereocenters. The second-order valence-electron chi connectivity index (χ2n) is 5.32. The predicted octanol–water partition coefficient (Wildman–Crippen LogP) is -0.229. The van der Waals surface area contributed by atoms with Gasteiger partial charge in [-0.05, 0) is 32.4 Å². The molecule has 2 heterocycles. The first-order valence-electron chi connectivity index (χ1n) is 6.38. The first kappa shape index (κ1) is 12.4. The SMILES string of the molecule is CC1(C(=O)NCC2CCC(=O)N2)CCNCC1. The molecule has 0 aromatic heterocycles. The van der Waals surface area contributed by atoms with Crippen molar-refractivity contribution in [2.45, 2.75) is 38.6 Å². The largest absolute Gasteiger partial charge is 0.354 e. The van der Waals surface area contributed by atoms with Crippen molar-refractivity contribution in [3.8, 4) is 0 Å². The van der Waals surface area contributed by atoms with Crippen LogP contribution in [0.3, 0.4) is 0 Å². The average Bonchev–Trinajstić information content (AvgIpc) is 2.73. The lowest BCUT2D eigenvalue weighted by molar-refractivity contribution is -0.131. The van der Waals surface area contributed by atoms with Gasteiger partial charge in [-0.25, -0.2) is 0 Å². The van der Waals surface area contributed by atoms with Crippen LogP contribution in [0.4, 0.5) is 0 Å². The van der Waals surface area contributed by atoms with Crippen LogP contribution in [0.2, 0.25) is 0 Å². The summed E-state index contributed by atoms with van der Waals surface area (Å²) >= 11 is 0. The van der Waals surface area contributed by atoms with Gasteiger partial charge in [-0.1, -0.05) is 6.92 Å². The van der Waals surface area contributed by atoms with Crippen LogP contribution in [-0.4, -0.2) is 37.5 Å². The molecule has 2 rings (SSSR count). The first-order chi connectivity index (χ1) is 8.10. The van der Waals surface area contributed by atoms with E-state index in [9.17, 15) is 9.59 Å². The van der Waals surface area contributed by atoms with E-state index in [1.165, 1.54) is 0 Å². The van der Waals surface area contributed by atoms with Gasteiger partial charge in [-0.3, -0.25) is 9.59 Å². The zero-order valence-corrected chi connectivity index (χ0v) is 10.3. The van der Waals surface area contributed by atoms with Crippen LogP contribution in [0.5, 0.6) is 0 Å². The highest BCUT2D eigenvalue weighted by Gasteiger charge is 2.34. The Labute approximate surface area is 102 Å². The topological polar surface area (TPSA) is 70.2 Å². The van der Waals surface area contributed by atoms with Gasteiger partial charge in [0.2, 0.25) is 11.8 Å². The molecule has 0 aromatic carbocycles. The first-order valence-corrected chi connectivity index (χ1v) is 6.38. The fourth-order valence-electron chi connectivity index (χ4n) is 2.47. The lowest BCUT2D eigenvalue weighted by atomic mass is 9.80. The van der Waals surface area contributed by atoms with Gasteiger partial charge in [0.15, 0.2) is 0 Å². The quantitative estimate of drug-likeness (QED) is 0.637. The number of piperidine rings is 1. The van der Waals surface area contributed by atoms with Gasteiger partial charge in [0.1, 0.15) is 0 Å². The predicted molar refractivity (Wildman–Crippen MR) is 64.4 cm³/mol. The van der Waals surface area contributed by atoms with Gasteiger partial charge in [0.05, 0.1) is 0 Å². The van der Waals surface area contributed by atoms with Crippen molar-refractivity contribution in [1.82, 2.24) is 16.0 Å². The highest BCUT2D eigenvalue weighted by Crippen LogP contribution is 2.27. The lowest BCUT2D eigenvalue weighted by Gasteiger charge is -2.32. The van der Waals surface area contributed by atoms with Gasteiger partial charge in [-0.2, -0.15) is 0 Å². The fourth-order valence-corrected chi connectivity index (χ4v) is 2.47. The normalized spacial score (nSPS) is 27.6. The summed E-state index contributed by atoms with van der Waals surface area (Å²) in [6.45, 7) is 4.40. The van der Waals surface area contributed by atoms with Crippen molar-refractivity contribution in [2.24, 2.45) is 5.41 Å². The maximum atomic E-state index is 12.1. The van der Waals surface area contributed by atoms with E-state index < -0.39 is 0 Å². The van der Waals surface area contributed by atoms with Gasteiger partial charge in [-0.15, -0.1) is 0 Å². The van der Waals surface area contributed by atoms with Crippen LogP contribution in [0.15, 0.2) is 0 Å². The summed E-state index contributed by atoms with van der Waals surface area (Å²) in [5.41, 5.74) is -0.242. The summed E-state index contributed by atoms with van der Waals surface area (Å²) in [6.07, 6.45) is 3.19. The summed E-state index contributed by atoms with van der Waals surface area (Å²) in [6, 6.07) is 0.122. The number of carbonyl (C=O) groups is 2. The van der Waals surface area contributed by atoms with E-state index >= 15 is 0 Å². The Morgan fingerprint density at radius 2 is 2.18 bits per heavy atom. The molecule has 0 radical (unpaired) electrons. The van der Waals surface area contributed by atoms with E-state index in [1.54, 1.807) is 0 Å². The van der Waals surface area contributed by atoms with Crippen LogP contribution < -0.4 is 16.0 Å². The third-order valence-electron chi connectivity index (χ3n) is 3.85. The molecular formula is C12H21N3O2. The van der Waals surface area contributed by atoms with Gasteiger partial charge in [0.25, 0.3) is 0 Å². The zero-order valence-electron chi connectivity index (χ0n) is 10.3. The molecule has 0 spiro atoms. The molecule has 1 atom stereocenters. The van der Waals surface area contributed by atoms with Gasteiger partial charge >= 0.3 is 0 Å². The molecule has 0 saturated carbocycles. The van der Waals surface area contributed by atoms with E-state index in [1.807, 2.05) is 6.92 Å². The summed E-state index contributed by atoms with van der Waals surface area (Å²) in [7, 11) is 0. The number of hydrogen-bond acceptors (Lipinski definition) is 3. The standard InChI is InChI=1S/C12H21N3O2/c1-12(4-6-13-7-5-12)11(17)14-8-9-2-3-10(16)15-9/h9,13H,2-8H2,1H3,(H,14,17)(H,15,16). The third kappa shape index (κ3) is 2.97. The molecule has 0 bridgehead atoms. The number of hydrogen-bond donors (Lipinski definition) is 3. The Morgan fingerprint density at radius 3 is 2.76 bits per heavy atom. The molecule has 0 aliphatic carbocycles. The molecule has 2 saturated heterocycles. The Morgan fingerprint density at radius 1 is 1.47 bits per heavy atom. The van der Waals surface area contributed by atoms with Crippen molar-refractivity contribution in [3.05, 3.63) is 0 Å². The highest BCUT2D eigenvalue weighted by molar-refractivity contribution is 5.83. The number of nitrogens with one attached hydrogen (secondary N) is 3. The number of carbonyl (C=O) groups excluding carboxylic acids is 2. The minimum absolute atomic E-state index is 0.0947. The minimum Gasteiger partial charge on any atom is -0.354 e. The molecule has 17 heavy (non-hydrogen) atoms. The number of rotatable bonds is 3. The second-order valence-corrected chi connectivity index (χ2v) is 5.32. The molecule has 5 heteroatoms. The molecule has 0 aromatic rings. The van der Waals surface area contributed by atoms with Crippen LogP contribution in [0, 0.1) is 5.41 Å². The maximum absolute atomic E-state index is 12.1. The Balaban J connectivity index is 1.78. The highest BCUT2D eigenvalue weighted by atomic mass is 16.2. The fraction of sp³-hybridized carbons (Fsp3) is 0.833. The van der Waals surface area contributed by atoms with Crippen LogP contribution in [-0.2, 0) is 9.59 Å². The molecular weight excluding hydrogens is 218 g/mol. The summed E-state index contributed by atoms with van der Waals surface area (Å²) in [4.78, 5) is 23.1. The minimum atomic E-state index is -0.242. The van der Waals surface area contributed by atoms with Crippen molar-refractivity contribution in [3.63, 3.8) is 0 Å². The monoisotopic (exact) mass is 239 g/mol. The average molecular weight is 239 g/mol. The van der Waals surface area contributed by atoms with Crippen molar-refractivity contribution in [1.29, 1.82) is 0 Å². The van der Waals surface area contributed by atoms with Gasteiger partial charge < -0.3 is 16.0 Å². The van der Waals surface area contributed by atoms with E-state index in [0.29, 0.717) is 13.0 Å². The van der Waals surface area contributed by atoms with Crippen LogP contribution in [0.25, 0.3) is 0 Å². The van der Waals surface area contributed by atoms with Crippen LogP contribution >= 0.6 is 0 Å². The molecule has 5 nitrogen and oxygen atoms in total. The van der Waals surface area contributed by atoms with E-state index in [0.717, 1.165) is 32.4 Å². The summed E-state index contributed by atoms with van der Waals surface area (Å²) < 4.78 is 0. The van der Waals surface area contributed by atoms with Crippen molar-refractivity contribution >= 4 is 11.8 Å². The smallest absolute Gasteiger partial charge is 0.226 e. The van der Waals surface area contributed by atoms with E-state index in [4.69, 9.17) is 0 Å². The number of amides is 2. The Hall–Kier alpha value is -1.10. The molecule has 2 amide bonds. The molecule has 2 fully saturated rings.